The molecule has 0 bridgehead atoms. The summed E-state index contributed by atoms with van der Waals surface area (Å²) >= 11 is 3.24. The summed E-state index contributed by atoms with van der Waals surface area (Å²) in [6, 6.07) is 7.68. The Bertz CT molecular complexity index is 810. The first-order chi connectivity index (χ1) is 12.7. The first-order valence-electron chi connectivity index (χ1n) is 9.00. The number of nitrogens with one attached hydrogen (secondary N) is 2. The maximum atomic E-state index is 12.2. The van der Waals surface area contributed by atoms with E-state index in [1.807, 2.05) is 24.3 Å². The molecule has 2 aliphatic rings. The molecule has 1 aromatic carbocycles. The number of thioether (sulfide) groups is 1. The zero-order chi connectivity index (χ0) is 17.9. The van der Waals surface area contributed by atoms with Gasteiger partial charge in [0.1, 0.15) is 0 Å². The van der Waals surface area contributed by atoms with E-state index >= 15 is 0 Å². The minimum absolute atomic E-state index is 0.0849. The maximum absolute atomic E-state index is 12.2. The number of aromatic nitrogens is 1. The molecule has 2 amide bonds. The van der Waals surface area contributed by atoms with Gasteiger partial charge in [-0.05, 0) is 37.8 Å². The smallest absolute Gasteiger partial charge is 0.238 e. The highest BCUT2D eigenvalue weighted by atomic mass is 32.2. The molecule has 2 aromatic rings. The Labute approximate surface area is 161 Å². The molecule has 1 unspecified atom stereocenters. The zero-order valence-electron chi connectivity index (χ0n) is 14.4. The molecule has 0 radical (unpaired) electrons. The van der Waals surface area contributed by atoms with Gasteiger partial charge in [-0.2, -0.15) is 0 Å². The van der Waals surface area contributed by atoms with E-state index in [0.29, 0.717) is 6.54 Å². The second-order valence-corrected chi connectivity index (χ2v) is 8.99. The lowest BCUT2D eigenvalue weighted by Gasteiger charge is -2.23. The molecule has 7 heteroatoms. The van der Waals surface area contributed by atoms with Crippen molar-refractivity contribution in [2.45, 2.75) is 48.7 Å². The van der Waals surface area contributed by atoms with Gasteiger partial charge in [-0.1, -0.05) is 12.1 Å². The molecule has 2 heterocycles. The van der Waals surface area contributed by atoms with E-state index in [2.05, 4.69) is 10.6 Å². The zero-order valence-corrected chi connectivity index (χ0v) is 16.0. The van der Waals surface area contributed by atoms with E-state index < -0.39 is 0 Å². The molecule has 0 fully saturated rings. The monoisotopic (exact) mass is 387 g/mol. The number of hydrogen-bond donors (Lipinski definition) is 2. The average Bonchev–Trinajstić information content (AvgIpc) is 3.05. The summed E-state index contributed by atoms with van der Waals surface area (Å²) in [6.45, 7) is 0.570. The molecule has 1 aliphatic heterocycles. The number of aryl methyl sites for hydroxylation is 2. The molecule has 2 N–H and O–H groups in total. The van der Waals surface area contributed by atoms with E-state index in [1.54, 1.807) is 11.3 Å². The fourth-order valence-corrected chi connectivity index (χ4v) is 5.56. The van der Waals surface area contributed by atoms with Crippen LogP contribution >= 0.6 is 23.1 Å². The summed E-state index contributed by atoms with van der Waals surface area (Å²) in [5.41, 5.74) is 2.09. The van der Waals surface area contributed by atoms with Crippen molar-refractivity contribution in [2.24, 2.45) is 0 Å². The van der Waals surface area contributed by atoms with Crippen molar-refractivity contribution in [1.82, 2.24) is 10.3 Å². The quantitative estimate of drug-likeness (QED) is 0.827. The standard InChI is InChI=1S/C19H21N3O2S2/c23-17(11-16-19(24)22-13-6-2-3-7-14(13)25-16)20-10-9-18-21-12-5-1-4-8-15(12)26-18/h2-3,6-7,16H,1,4-5,8-11H2,(H,20,23)(H,22,24). The fourth-order valence-electron chi connectivity index (χ4n) is 3.29. The lowest BCUT2D eigenvalue weighted by Crippen LogP contribution is -2.35. The number of fused-ring (bicyclic) bond motifs is 2. The van der Waals surface area contributed by atoms with E-state index in [1.165, 1.54) is 35.2 Å². The van der Waals surface area contributed by atoms with E-state index in [4.69, 9.17) is 4.98 Å². The van der Waals surface area contributed by atoms with Crippen molar-refractivity contribution in [3.05, 3.63) is 39.8 Å². The van der Waals surface area contributed by atoms with Crippen LogP contribution in [0.5, 0.6) is 0 Å². The van der Waals surface area contributed by atoms with Crippen LogP contribution in [0.25, 0.3) is 0 Å². The van der Waals surface area contributed by atoms with Crippen molar-refractivity contribution < 1.29 is 9.59 Å². The third-order valence-corrected chi connectivity index (χ3v) is 7.12. The molecule has 26 heavy (non-hydrogen) atoms. The van der Waals surface area contributed by atoms with Crippen LogP contribution in [0, 0.1) is 0 Å². The number of amides is 2. The number of nitrogens with zero attached hydrogens (tertiary/aromatic N) is 1. The molecule has 4 rings (SSSR count). The predicted octanol–water partition coefficient (Wildman–Crippen LogP) is 3.18. The molecule has 5 nitrogen and oxygen atoms in total. The van der Waals surface area contributed by atoms with Crippen molar-refractivity contribution in [1.29, 1.82) is 0 Å². The molecule has 1 aliphatic carbocycles. The van der Waals surface area contributed by atoms with Gasteiger partial charge in [-0.25, -0.2) is 4.98 Å². The van der Waals surface area contributed by atoms with Crippen LogP contribution in [0.15, 0.2) is 29.2 Å². The molecule has 1 atom stereocenters. The first kappa shape index (κ1) is 17.5. The SMILES string of the molecule is O=C(CC1Sc2ccccc2NC1=O)NCCc1nc2c(s1)CCCC2. The van der Waals surface area contributed by atoms with Crippen LogP contribution in [-0.4, -0.2) is 28.6 Å². The normalized spacial score (nSPS) is 18.6. The Hall–Kier alpha value is -1.86. The van der Waals surface area contributed by atoms with Gasteiger partial charge in [0.15, 0.2) is 0 Å². The van der Waals surface area contributed by atoms with Gasteiger partial charge < -0.3 is 10.6 Å². The molecule has 1 aromatic heterocycles. The molecule has 0 saturated heterocycles. The maximum Gasteiger partial charge on any atom is 0.238 e. The molecular formula is C19H21N3O2S2. The summed E-state index contributed by atoms with van der Waals surface area (Å²) in [4.78, 5) is 31.5. The minimum atomic E-state index is -0.378. The summed E-state index contributed by atoms with van der Waals surface area (Å²) in [5, 5.41) is 6.54. The van der Waals surface area contributed by atoms with Crippen LogP contribution in [-0.2, 0) is 28.9 Å². The third kappa shape index (κ3) is 3.94. The lowest BCUT2D eigenvalue weighted by molar-refractivity contribution is -0.124. The fraction of sp³-hybridized carbons (Fsp3) is 0.421. The molecular weight excluding hydrogens is 366 g/mol. The highest BCUT2D eigenvalue weighted by Gasteiger charge is 2.28. The molecule has 136 valence electrons. The lowest BCUT2D eigenvalue weighted by atomic mass is 10.0. The Balaban J connectivity index is 1.26. The number of hydrogen-bond acceptors (Lipinski definition) is 5. The van der Waals surface area contributed by atoms with Gasteiger partial charge in [-0.15, -0.1) is 23.1 Å². The highest BCUT2D eigenvalue weighted by molar-refractivity contribution is 8.01. The summed E-state index contributed by atoms with van der Waals surface area (Å²) < 4.78 is 0. The predicted molar refractivity (Wildman–Crippen MR) is 105 cm³/mol. The van der Waals surface area contributed by atoms with Gasteiger partial charge in [0.25, 0.3) is 0 Å². The van der Waals surface area contributed by atoms with E-state index in [9.17, 15) is 9.59 Å². The first-order valence-corrected chi connectivity index (χ1v) is 10.7. The van der Waals surface area contributed by atoms with Gasteiger partial charge in [0, 0.05) is 29.2 Å². The van der Waals surface area contributed by atoms with Crippen LogP contribution in [0.2, 0.25) is 0 Å². The van der Waals surface area contributed by atoms with Crippen molar-refractivity contribution in [3.8, 4) is 0 Å². The Morgan fingerprint density at radius 3 is 3.00 bits per heavy atom. The van der Waals surface area contributed by atoms with Crippen LogP contribution in [0.1, 0.15) is 34.8 Å². The second-order valence-electron chi connectivity index (χ2n) is 6.58. The van der Waals surface area contributed by atoms with Crippen LogP contribution in [0.3, 0.4) is 0 Å². The van der Waals surface area contributed by atoms with Crippen LogP contribution < -0.4 is 10.6 Å². The minimum Gasteiger partial charge on any atom is -0.356 e. The number of para-hydroxylation sites is 1. The Morgan fingerprint density at radius 1 is 1.27 bits per heavy atom. The van der Waals surface area contributed by atoms with Gasteiger partial charge in [0.2, 0.25) is 11.8 Å². The van der Waals surface area contributed by atoms with Gasteiger partial charge >= 0.3 is 0 Å². The summed E-state index contributed by atoms with van der Waals surface area (Å²) in [6.07, 6.45) is 5.69. The van der Waals surface area contributed by atoms with Gasteiger partial charge in [-0.3, -0.25) is 9.59 Å². The second kappa shape index (κ2) is 7.80. The van der Waals surface area contributed by atoms with Crippen molar-refractivity contribution in [3.63, 3.8) is 0 Å². The summed E-state index contributed by atoms with van der Waals surface area (Å²) in [5.74, 6) is -0.185. The van der Waals surface area contributed by atoms with E-state index in [0.717, 1.165) is 34.9 Å². The van der Waals surface area contributed by atoms with Gasteiger partial charge in [0.05, 0.1) is 21.6 Å². The number of thiazole rings is 1. The number of benzene rings is 1. The number of carbonyl (C=O) groups is 2. The van der Waals surface area contributed by atoms with E-state index in [-0.39, 0.29) is 23.5 Å². The van der Waals surface area contributed by atoms with Crippen LogP contribution in [0.4, 0.5) is 5.69 Å². The largest absolute Gasteiger partial charge is 0.356 e. The Kier molecular flexibility index (Phi) is 5.26. The molecule has 0 spiro atoms. The number of carbonyl (C=O) groups excluding carboxylic acids is 2. The molecule has 0 saturated carbocycles. The highest BCUT2D eigenvalue weighted by Crippen LogP contribution is 2.36. The topological polar surface area (TPSA) is 71.1 Å². The average molecular weight is 388 g/mol. The number of anilines is 1. The van der Waals surface area contributed by atoms with Crippen molar-refractivity contribution >= 4 is 40.6 Å². The Morgan fingerprint density at radius 2 is 2.12 bits per heavy atom. The number of rotatable bonds is 5. The third-order valence-electron chi connectivity index (χ3n) is 4.63. The summed E-state index contributed by atoms with van der Waals surface area (Å²) in [7, 11) is 0. The van der Waals surface area contributed by atoms with Crippen molar-refractivity contribution in [2.75, 3.05) is 11.9 Å².